The summed E-state index contributed by atoms with van der Waals surface area (Å²) >= 11 is 6.09. The van der Waals surface area contributed by atoms with Crippen LogP contribution in [0.3, 0.4) is 0 Å². The summed E-state index contributed by atoms with van der Waals surface area (Å²) in [6, 6.07) is 6.91. The first-order valence-electron chi connectivity index (χ1n) is 6.19. The third-order valence-electron chi connectivity index (χ3n) is 2.95. The summed E-state index contributed by atoms with van der Waals surface area (Å²) in [5.74, 6) is -0.772. The topological polar surface area (TPSA) is 44.5 Å². The molecular formula is C15H14ClF2NO2. The fourth-order valence-electron chi connectivity index (χ4n) is 1.85. The predicted octanol–water partition coefficient (Wildman–Crippen LogP) is 3.66. The molecule has 2 N–H and O–H groups in total. The van der Waals surface area contributed by atoms with Crippen molar-refractivity contribution in [2.45, 2.75) is 13.2 Å². The van der Waals surface area contributed by atoms with E-state index in [2.05, 4.69) is 0 Å². The van der Waals surface area contributed by atoms with Crippen molar-refractivity contribution in [3.8, 4) is 11.5 Å². The monoisotopic (exact) mass is 313 g/mol. The molecule has 0 aliphatic heterocycles. The van der Waals surface area contributed by atoms with Crippen LogP contribution in [0.2, 0.25) is 5.02 Å². The van der Waals surface area contributed by atoms with Crippen LogP contribution in [0.5, 0.6) is 11.5 Å². The lowest BCUT2D eigenvalue weighted by molar-refractivity contribution is 0.274. The van der Waals surface area contributed by atoms with Gasteiger partial charge in [-0.05, 0) is 29.8 Å². The maximum Gasteiger partial charge on any atom is 0.180 e. The summed E-state index contributed by atoms with van der Waals surface area (Å²) in [6.07, 6.45) is 0. The predicted molar refractivity (Wildman–Crippen MR) is 76.6 cm³/mol. The molecule has 6 heteroatoms. The second kappa shape index (κ2) is 6.74. The summed E-state index contributed by atoms with van der Waals surface area (Å²) < 4.78 is 37.7. The Morgan fingerprint density at radius 2 is 1.86 bits per heavy atom. The zero-order chi connectivity index (χ0) is 15.4. The lowest BCUT2D eigenvalue weighted by atomic mass is 10.2. The molecule has 0 saturated heterocycles. The quantitative estimate of drug-likeness (QED) is 0.916. The number of rotatable bonds is 5. The van der Waals surface area contributed by atoms with Gasteiger partial charge in [0.05, 0.1) is 17.7 Å². The number of halogens is 3. The molecule has 2 aromatic carbocycles. The van der Waals surface area contributed by atoms with Gasteiger partial charge in [-0.3, -0.25) is 0 Å². The highest BCUT2D eigenvalue weighted by Gasteiger charge is 2.14. The van der Waals surface area contributed by atoms with Crippen molar-refractivity contribution in [2.24, 2.45) is 5.73 Å². The van der Waals surface area contributed by atoms with Crippen molar-refractivity contribution >= 4 is 11.6 Å². The number of methoxy groups -OCH3 is 1. The fourth-order valence-corrected chi connectivity index (χ4v) is 2.13. The first kappa shape index (κ1) is 15.5. The average Bonchev–Trinajstić information content (AvgIpc) is 2.47. The molecule has 0 unspecified atom stereocenters. The number of benzene rings is 2. The number of hydrogen-bond donors (Lipinski definition) is 1. The van der Waals surface area contributed by atoms with Gasteiger partial charge in [-0.2, -0.15) is 0 Å². The third kappa shape index (κ3) is 3.43. The van der Waals surface area contributed by atoms with E-state index in [9.17, 15) is 8.78 Å². The van der Waals surface area contributed by atoms with Gasteiger partial charge < -0.3 is 15.2 Å². The number of nitrogens with two attached hydrogens (primary N) is 1. The largest absolute Gasteiger partial charge is 0.493 e. The maximum absolute atomic E-state index is 13.6. The van der Waals surface area contributed by atoms with Crippen LogP contribution in [0.15, 0.2) is 30.3 Å². The maximum atomic E-state index is 13.6. The lowest BCUT2D eigenvalue weighted by Crippen LogP contribution is -2.04. The minimum absolute atomic E-state index is 0.168. The van der Waals surface area contributed by atoms with E-state index in [1.54, 1.807) is 12.1 Å². The molecule has 0 aromatic heterocycles. The molecule has 21 heavy (non-hydrogen) atoms. The van der Waals surface area contributed by atoms with Crippen molar-refractivity contribution in [3.63, 3.8) is 0 Å². The highest BCUT2D eigenvalue weighted by atomic mass is 35.5. The summed E-state index contributed by atoms with van der Waals surface area (Å²) in [5, 5.41) is 0.270. The van der Waals surface area contributed by atoms with Crippen molar-refractivity contribution in [1.29, 1.82) is 0 Å². The third-order valence-corrected chi connectivity index (χ3v) is 3.23. The molecule has 0 bridgehead atoms. The average molecular weight is 314 g/mol. The number of hydrogen-bond acceptors (Lipinski definition) is 3. The minimum atomic E-state index is -0.677. The van der Waals surface area contributed by atoms with Crippen LogP contribution in [0, 0.1) is 11.6 Å². The minimum Gasteiger partial charge on any atom is -0.493 e. The van der Waals surface area contributed by atoms with E-state index in [4.69, 9.17) is 26.8 Å². The Hall–Kier alpha value is -1.85. The molecule has 2 aromatic rings. The Balaban J connectivity index is 2.28. The number of ether oxygens (including phenoxy) is 2. The molecule has 0 aliphatic rings. The molecule has 0 radical (unpaired) electrons. The van der Waals surface area contributed by atoms with Gasteiger partial charge in [-0.1, -0.05) is 17.7 Å². The van der Waals surface area contributed by atoms with Crippen LogP contribution in [0.4, 0.5) is 8.78 Å². The summed E-state index contributed by atoms with van der Waals surface area (Å²) in [7, 11) is 1.45. The van der Waals surface area contributed by atoms with E-state index >= 15 is 0 Å². The Morgan fingerprint density at radius 3 is 2.43 bits per heavy atom. The summed E-state index contributed by atoms with van der Waals surface area (Å²) in [5.41, 5.74) is 6.14. The van der Waals surface area contributed by atoms with Gasteiger partial charge in [0.2, 0.25) is 0 Å². The van der Waals surface area contributed by atoms with Crippen molar-refractivity contribution in [3.05, 3.63) is 58.1 Å². The van der Waals surface area contributed by atoms with Crippen LogP contribution >= 0.6 is 11.6 Å². The molecule has 2 rings (SSSR count). The summed E-state index contributed by atoms with van der Waals surface area (Å²) in [6.45, 7) is -0.00510. The van der Waals surface area contributed by atoms with Gasteiger partial charge in [0, 0.05) is 6.54 Å². The molecule has 0 atom stereocenters. The van der Waals surface area contributed by atoms with E-state index in [-0.39, 0.29) is 29.5 Å². The van der Waals surface area contributed by atoms with Gasteiger partial charge in [-0.25, -0.2) is 8.78 Å². The summed E-state index contributed by atoms with van der Waals surface area (Å²) in [4.78, 5) is 0. The Labute approximate surface area is 126 Å². The smallest absolute Gasteiger partial charge is 0.180 e. The standard InChI is InChI=1S/C15H14ClF2NO2/c1-20-14-6-9(7-19)5-11(16)15(14)21-8-10-12(17)3-2-4-13(10)18/h2-6H,7-8,19H2,1H3. The van der Waals surface area contributed by atoms with Crippen molar-refractivity contribution in [2.75, 3.05) is 7.11 Å². The highest BCUT2D eigenvalue weighted by molar-refractivity contribution is 6.32. The molecule has 0 fully saturated rings. The SMILES string of the molecule is COc1cc(CN)cc(Cl)c1OCc1c(F)cccc1F. The zero-order valence-corrected chi connectivity index (χ0v) is 12.1. The van der Waals surface area contributed by atoms with Crippen LogP contribution in [-0.4, -0.2) is 7.11 Å². The van der Waals surface area contributed by atoms with E-state index < -0.39 is 11.6 Å². The Bertz CT molecular complexity index is 630. The van der Waals surface area contributed by atoms with Crippen LogP contribution in [0.1, 0.15) is 11.1 Å². The first-order chi connectivity index (χ1) is 10.1. The molecule has 0 heterocycles. The van der Waals surface area contributed by atoms with Gasteiger partial charge in [0.15, 0.2) is 11.5 Å². The molecule has 3 nitrogen and oxygen atoms in total. The molecule has 112 valence electrons. The van der Waals surface area contributed by atoms with E-state index in [0.717, 1.165) is 17.7 Å². The van der Waals surface area contributed by atoms with Gasteiger partial charge in [0.1, 0.15) is 18.2 Å². The second-order valence-corrected chi connectivity index (χ2v) is 4.71. The zero-order valence-electron chi connectivity index (χ0n) is 11.3. The molecule has 0 saturated carbocycles. The van der Waals surface area contributed by atoms with Gasteiger partial charge in [-0.15, -0.1) is 0 Å². The van der Waals surface area contributed by atoms with Crippen LogP contribution in [-0.2, 0) is 13.2 Å². The van der Waals surface area contributed by atoms with Gasteiger partial charge in [0.25, 0.3) is 0 Å². The van der Waals surface area contributed by atoms with Crippen LogP contribution < -0.4 is 15.2 Å². The Morgan fingerprint density at radius 1 is 1.19 bits per heavy atom. The second-order valence-electron chi connectivity index (χ2n) is 4.30. The lowest BCUT2D eigenvalue weighted by Gasteiger charge is -2.14. The molecular weight excluding hydrogens is 300 g/mol. The van der Waals surface area contributed by atoms with Crippen LogP contribution in [0.25, 0.3) is 0 Å². The van der Waals surface area contributed by atoms with Gasteiger partial charge >= 0.3 is 0 Å². The van der Waals surface area contributed by atoms with Crippen molar-refractivity contribution in [1.82, 2.24) is 0 Å². The van der Waals surface area contributed by atoms with E-state index in [1.807, 2.05) is 0 Å². The first-order valence-corrected chi connectivity index (χ1v) is 6.56. The molecule has 0 aliphatic carbocycles. The fraction of sp³-hybridized carbons (Fsp3) is 0.200. The normalized spacial score (nSPS) is 10.5. The highest BCUT2D eigenvalue weighted by Crippen LogP contribution is 2.37. The molecule has 0 amide bonds. The van der Waals surface area contributed by atoms with E-state index in [0.29, 0.717) is 5.75 Å². The Kier molecular flexibility index (Phi) is 4.98. The molecule has 0 spiro atoms. The van der Waals surface area contributed by atoms with E-state index in [1.165, 1.54) is 13.2 Å². The van der Waals surface area contributed by atoms with Crippen molar-refractivity contribution < 1.29 is 18.3 Å².